The minimum Gasteiger partial charge on any atom is -0.324 e. The zero-order valence-electron chi connectivity index (χ0n) is 12.6. The fraction of sp³-hybridized carbons (Fsp3) is 0.188. The van der Waals surface area contributed by atoms with Gasteiger partial charge in [-0.15, -0.1) is 11.8 Å². The first kappa shape index (κ1) is 19.5. The summed E-state index contributed by atoms with van der Waals surface area (Å²) in [6.45, 7) is 1.47. The number of rotatable bonds is 4. The van der Waals surface area contributed by atoms with Gasteiger partial charge in [-0.2, -0.15) is 13.2 Å². The monoisotopic (exact) mass is 395 g/mol. The number of hydrogen-bond donors (Lipinski definition) is 1. The second-order valence-corrected chi connectivity index (χ2v) is 6.84. The highest BCUT2D eigenvalue weighted by molar-refractivity contribution is 8.00. The van der Waals surface area contributed by atoms with E-state index in [-0.39, 0.29) is 10.7 Å². The van der Waals surface area contributed by atoms with Gasteiger partial charge >= 0.3 is 6.18 Å². The zero-order valence-corrected chi connectivity index (χ0v) is 14.2. The lowest BCUT2D eigenvalue weighted by Gasteiger charge is -2.15. The van der Waals surface area contributed by atoms with E-state index >= 15 is 0 Å². The third-order valence-corrected chi connectivity index (χ3v) is 4.55. The highest BCUT2D eigenvalue weighted by Gasteiger charge is 2.31. The number of anilines is 1. The van der Waals surface area contributed by atoms with Crippen LogP contribution in [-0.2, 0) is 11.0 Å². The average molecular weight is 396 g/mol. The fourth-order valence-electron chi connectivity index (χ4n) is 1.84. The molecule has 2 nitrogen and oxygen atoms in total. The van der Waals surface area contributed by atoms with Crippen LogP contribution < -0.4 is 5.32 Å². The number of carbonyl (C=O) groups excluding carboxylic acids is 1. The highest BCUT2D eigenvalue weighted by Crippen LogP contribution is 2.34. The summed E-state index contributed by atoms with van der Waals surface area (Å²) in [4.78, 5) is 12.4. The Balaban J connectivity index is 2.12. The topological polar surface area (TPSA) is 29.1 Å². The van der Waals surface area contributed by atoms with Crippen LogP contribution in [0.15, 0.2) is 41.3 Å². The first-order chi connectivity index (χ1) is 11.6. The molecule has 134 valence electrons. The maximum Gasteiger partial charge on any atom is 0.416 e. The fourth-order valence-corrected chi connectivity index (χ4v) is 2.90. The summed E-state index contributed by atoms with van der Waals surface area (Å²) in [7, 11) is 0. The quantitative estimate of drug-likeness (QED) is 0.527. The number of nitrogens with one attached hydrogen (secondary N) is 1. The molecule has 0 unspecified atom stereocenters. The molecule has 0 saturated heterocycles. The van der Waals surface area contributed by atoms with E-state index in [0.717, 1.165) is 42.1 Å². The summed E-state index contributed by atoms with van der Waals surface area (Å²) >= 11 is 6.74. The number of benzene rings is 2. The van der Waals surface area contributed by atoms with Crippen LogP contribution in [0.5, 0.6) is 0 Å². The molecule has 1 amide bonds. The van der Waals surface area contributed by atoms with Crippen molar-refractivity contribution in [1.82, 2.24) is 0 Å². The molecular formula is C16H11ClF5NOS. The summed E-state index contributed by atoms with van der Waals surface area (Å²) in [5.74, 6) is -2.70. The Kier molecular flexibility index (Phi) is 5.95. The third kappa shape index (κ3) is 5.09. The molecule has 0 heterocycles. The van der Waals surface area contributed by atoms with Crippen LogP contribution in [-0.4, -0.2) is 11.2 Å². The lowest BCUT2D eigenvalue weighted by atomic mass is 10.2. The average Bonchev–Trinajstić information content (AvgIpc) is 2.51. The zero-order chi connectivity index (χ0) is 18.8. The molecule has 0 bridgehead atoms. The number of alkyl halides is 3. The van der Waals surface area contributed by atoms with Gasteiger partial charge in [0.1, 0.15) is 0 Å². The van der Waals surface area contributed by atoms with Crippen molar-refractivity contribution in [2.75, 3.05) is 5.32 Å². The Morgan fingerprint density at radius 3 is 2.40 bits per heavy atom. The molecule has 0 aliphatic carbocycles. The van der Waals surface area contributed by atoms with Gasteiger partial charge in [0.05, 0.1) is 21.5 Å². The van der Waals surface area contributed by atoms with E-state index in [1.165, 1.54) is 13.0 Å². The Morgan fingerprint density at radius 2 is 1.80 bits per heavy atom. The molecule has 0 radical (unpaired) electrons. The Labute approximate surface area is 149 Å². The normalized spacial score (nSPS) is 12.8. The summed E-state index contributed by atoms with van der Waals surface area (Å²) < 4.78 is 64.2. The van der Waals surface area contributed by atoms with Gasteiger partial charge in [-0.1, -0.05) is 11.6 Å². The molecule has 2 rings (SSSR count). The van der Waals surface area contributed by atoms with Crippen molar-refractivity contribution < 1.29 is 26.7 Å². The van der Waals surface area contributed by atoms with Gasteiger partial charge in [0.15, 0.2) is 11.6 Å². The van der Waals surface area contributed by atoms with Gasteiger partial charge in [0.25, 0.3) is 0 Å². The second-order valence-electron chi connectivity index (χ2n) is 5.02. The minimum absolute atomic E-state index is 0.0497. The largest absolute Gasteiger partial charge is 0.416 e. The number of amides is 1. The van der Waals surface area contributed by atoms with Crippen molar-refractivity contribution in [3.05, 3.63) is 58.6 Å². The third-order valence-electron chi connectivity index (χ3n) is 3.12. The molecule has 25 heavy (non-hydrogen) atoms. The summed E-state index contributed by atoms with van der Waals surface area (Å²) in [6.07, 6.45) is -4.57. The van der Waals surface area contributed by atoms with Gasteiger partial charge in [0, 0.05) is 4.90 Å². The number of hydrogen-bond acceptors (Lipinski definition) is 2. The van der Waals surface area contributed by atoms with Crippen molar-refractivity contribution in [2.45, 2.75) is 23.2 Å². The summed E-state index contributed by atoms with van der Waals surface area (Å²) in [5.41, 5.74) is -1.13. The Hall–Kier alpha value is -1.80. The molecule has 0 aliphatic rings. The molecule has 1 N–H and O–H groups in total. The van der Waals surface area contributed by atoms with E-state index < -0.39 is 34.5 Å². The first-order valence-electron chi connectivity index (χ1n) is 6.87. The Morgan fingerprint density at radius 1 is 1.12 bits per heavy atom. The van der Waals surface area contributed by atoms with Crippen molar-refractivity contribution in [3.8, 4) is 0 Å². The smallest absolute Gasteiger partial charge is 0.324 e. The summed E-state index contributed by atoms with van der Waals surface area (Å²) in [6, 6.07) is 5.72. The van der Waals surface area contributed by atoms with Gasteiger partial charge < -0.3 is 5.32 Å². The molecule has 0 fully saturated rings. The van der Waals surface area contributed by atoms with Crippen molar-refractivity contribution in [1.29, 1.82) is 0 Å². The minimum atomic E-state index is -4.57. The SMILES string of the molecule is C[C@H](Sc1ccc(F)c(F)c1)C(=O)Nc1cc(C(F)(F)F)ccc1Cl. The van der Waals surface area contributed by atoms with Crippen LogP contribution in [0.2, 0.25) is 5.02 Å². The standard InChI is InChI=1S/C16H11ClF5NOS/c1-8(25-10-3-5-12(18)13(19)7-10)15(24)23-14-6-9(16(20,21)22)2-4-11(14)17/h2-8H,1H3,(H,23,24)/t8-/m0/s1. The molecular weight excluding hydrogens is 385 g/mol. The van der Waals surface area contributed by atoms with Gasteiger partial charge in [-0.3, -0.25) is 4.79 Å². The number of thioether (sulfide) groups is 1. The van der Waals surface area contributed by atoms with E-state index in [0.29, 0.717) is 4.90 Å². The van der Waals surface area contributed by atoms with Gasteiger partial charge in [-0.25, -0.2) is 8.78 Å². The number of halogens is 6. The molecule has 0 spiro atoms. The molecule has 0 saturated carbocycles. The van der Waals surface area contributed by atoms with Crippen LogP contribution >= 0.6 is 23.4 Å². The van der Waals surface area contributed by atoms with E-state index in [4.69, 9.17) is 11.6 Å². The molecule has 2 aromatic rings. The highest BCUT2D eigenvalue weighted by atomic mass is 35.5. The molecule has 9 heteroatoms. The van der Waals surface area contributed by atoms with Crippen LogP contribution in [0.25, 0.3) is 0 Å². The maximum atomic E-state index is 13.2. The van der Waals surface area contributed by atoms with Gasteiger partial charge in [0.2, 0.25) is 5.91 Å². The van der Waals surface area contributed by atoms with E-state index in [1.54, 1.807) is 0 Å². The second kappa shape index (κ2) is 7.61. The van der Waals surface area contributed by atoms with Crippen LogP contribution in [0.3, 0.4) is 0 Å². The van der Waals surface area contributed by atoms with Crippen molar-refractivity contribution >= 4 is 35.0 Å². The van der Waals surface area contributed by atoms with Crippen LogP contribution in [0, 0.1) is 11.6 Å². The molecule has 2 aromatic carbocycles. The molecule has 1 atom stereocenters. The lowest BCUT2D eigenvalue weighted by Crippen LogP contribution is -2.23. The lowest BCUT2D eigenvalue weighted by molar-refractivity contribution is -0.137. The maximum absolute atomic E-state index is 13.2. The first-order valence-corrected chi connectivity index (χ1v) is 8.13. The van der Waals surface area contributed by atoms with Crippen LogP contribution in [0.4, 0.5) is 27.6 Å². The summed E-state index contributed by atoms with van der Waals surface area (Å²) in [5, 5.41) is 1.48. The van der Waals surface area contributed by atoms with E-state index in [9.17, 15) is 26.7 Å². The van der Waals surface area contributed by atoms with Gasteiger partial charge in [-0.05, 0) is 43.3 Å². The molecule has 0 aromatic heterocycles. The molecule has 0 aliphatic heterocycles. The predicted octanol–water partition coefficient (Wildman–Crippen LogP) is 5.76. The van der Waals surface area contributed by atoms with Crippen molar-refractivity contribution in [3.63, 3.8) is 0 Å². The Bertz CT molecular complexity index is 797. The van der Waals surface area contributed by atoms with E-state index in [2.05, 4.69) is 5.32 Å². The number of carbonyl (C=O) groups is 1. The van der Waals surface area contributed by atoms with E-state index in [1.807, 2.05) is 0 Å². The van der Waals surface area contributed by atoms with Crippen molar-refractivity contribution in [2.24, 2.45) is 0 Å². The predicted molar refractivity (Wildman–Crippen MR) is 86.8 cm³/mol. The van der Waals surface area contributed by atoms with Crippen LogP contribution in [0.1, 0.15) is 12.5 Å².